The maximum atomic E-state index is 12.3. The van der Waals surface area contributed by atoms with E-state index in [1.165, 1.54) is 17.2 Å². The molecule has 1 saturated carbocycles. The molecule has 2 fully saturated rings. The number of rotatable bonds is 9. The molecule has 35 heavy (non-hydrogen) atoms. The van der Waals surface area contributed by atoms with Gasteiger partial charge in [-0.3, -0.25) is 14.7 Å². The number of carboxylic acids is 1. The number of ether oxygens (including phenoxy) is 1. The number of carbonyl (C=O) groups excluding carboxylic acids is 1. The minimum atomic E-state index is -4.49. The molecule has 1 aliphatic heterocycles. The molecule has 0 bridgehead atoms. The molecule has 4 rings (SSSR count). The number of fused-ring (bicyclic) bond motifs is 1. The van der Waals surface area contributed by atoms with Gasteiger partial charge in [-0.25, -0.2) is 19.7 Å². The molecule has 5 N–H and O–H groups in total. The molecule has 3 heterocycles. The van der Waals surface area contributed by atoms with Crippen molar-refractivity contribution in [3.8, 4) is 0 Å². The third kappa shape index (κ3) is 5.94. The summed E-state index contributed by atoms with van der Waals surface area (Å²) < 4.78 is 23.6. The highest BCUT2D eigenvalue weighted by atomic mass is 31.2. The van der Waals surface area contributed by atoms with Crippen LogP contribution in [0.4, 0.5) is 10.6 Å². The van der Waals surface area contributed by atoms with Gasteiger partial charge in [0.05, 0.1) is 19.4 Å². The number of hydrogen-bond acceptors (Lipinski definition) is 11. The van der Waals surface area contributed by atoms with Crippen LogP contribution in [0.25, 0.3) is 11.2 Å². The number of urea groups is 1. The molecule has 0 spiro atoms. The molecule has 2 aliphatic rings. The highest BCUT2D eigenvalue weighted by Gasteiger charge is 2.44. The predicted octanol–water partition coefficient (Wildman–Crippen LogP) is -0.446. The molecular weight excluding hydrogens is 487 g/mol. The minimum Gasteiger partial charge on any atom is -0.778 e. The zero-order valence-electron chi connectivity index (χ0n) is 18.5. The second-order valence-electron chi connectivity index (χ2n) is 8.45. The molecule has 2 aromatic heterocycles. The van der Waals surface area contributed by atoms with Crippen molar-refractivity contribution < 1.29 is 43.6 Å². The fourth-order valence-electron chi connectivity index (χ4n) is 4.11. The Labute approximate surface area is 199 Å². The van der Waals surface area contributed by atoms with Crippen LogP contribution in [0, 0.1) is 0 Å². The molecule has 1 unspecified atom stereocenters. The normalized spacial score (nSPS) is 26.6. The second-order valence-corrected chi connectivity index (χ2v) is 10.4. The summed E-state index contributed by atoms with van der Waals surface area (Å²) in [6.45, 7) is -0.620. The molecule has 16 heteroatoms. The number of anilines is 1. The smallest absolute Gasteiger partial charge is 0.320 e. The number of aliphatic carboxylic acids is 1. The van der Waals surface area contributed by atoms with Crippen LogP contribution in [0.5, 0.6) is 0 Å². The van der Waals surface area contributed by atoms with Crippen molar-refractivity contribution in [2.75, 3.05) is 18.1 Å². The summed E-state index contributed by atoms with van der Waals surface area (Å²) in [5.41, 5.74) is 0.418. The molecule has 1 aliphatic carbocycles. The Morgan fingerprint density at radius 3 is 2.69 bits per heavy atom. The van der Waals surface area contributed by atoms with E-state index in [1.807, 2.05) is 0 Å². The summed E-state index contributed by atoms with van der Waals surface area (Å²) in [5, 5.41) is 35.0. The van der Waals surface area contributed by atoms with Gasteiger partial charge in [-0.2, -0.15) is 0 Å². The van der Waals surface area contributed by atoms with Gasteiger partial charge in [0, 0.05) is 12.2 Å². The zero-order chi connectivity index (χ0) is 25.2. The molecule has 2 aromatic rings. The van der Waals surface area contributed by atoms with E-state index in [9.17, 15) is 29.3 Å². The Morgan fingerprint density at radius 2 is 1.97 bits per heavy atom. The van der Waals surface area contributed by atoms with Crippen molar-refractivity contribution in [3.63, 3.8) is 0 Å². The zero-order valence-corrected chi connectivity index (χ0v) is 19.4. The number of imidazole rings is 1. The van der Waals surface area contributed by atoms with Gasteiger partial charge in [0.15, 0.2) is 23.2 Å². The van der Waals surface area contributed by atoms with E-state index in [2.05, 4.69) is 25.6 Å². The summed E-state index contributed by atoms with van der Waals surface area (Å²) in [4.78, 5) is 47.2. The first-order valence-corrected chi connectivity index (χ1v) is 12.8. The number of aliphatic hydroxyl groups is 2. The Bertz CT molecular complexity index is 1120. The Hall–Kier alpha value is -2.68. The Kier molecular flexibility index (Phi) is 7.64. The molecule has 5 atom stereocenters. The van der Waals surface area contributed by atoms with Crippen LogP contribution in [0.3, 0.4) is 0 Å². The van der Waals surface area contributed by atoms with Crippen molar-refractivity contribution in [2.45, 2.75) is 62.7 Å². The number of aromatic nitrogens is 4. The van der Waals surface area contributed by atoms with E-state index in [0.29, 0.717) is 0 Å². The standard InChI is InChI=1S/C19H27N6O9P/c26-12(27)5-6-35(31,32)33-7-11-14(28)15(29)18(34-11)25-9-22-13-16(20-8-21-17(13)25)24-19(30)23-10-3-1-2-4-10/h8-11,14-15,18,28-29H,1-7H2,(H,26,27)(H,31,32)(H2,20,21,23,24,30)/p-1/t11-,14+,15+,18-/m1/s1. The molecule has 2 amide bonds. The van der Waals surface area contributed by atoms with Crippen molar-refractivity contribution in [3.05, 3.63) is 12.7 Å². The average Bonchev–Trinajstić information content (AvgIpc) is 3.53. The summed E-state index contributed by atoms with van der Waals surface area (Å²) in [7, 11) is -4.49. The van der Waals surface area contributed by atoms with E-state index in [1.54, 1.807) is 0 Å². The lowest BCUT2D eigenvalue weighted by Crippen LogP contribution is -2.36. The van der Waals surface area contributed by atoms with Gasteiger partial charge in [0.25, 0.3) is 0 Å². The number of carbonyl (C=O) groups is 2. The molecule has 15 nitrogen and oxygen atoms in total. The Morgan fingerprint density at radius 1 is 1.23 bits per heavy atom. The van der Waals surface area contributed by atoms with Crippen LogP contribution in [0.1, 0.15) is 38.3 Å². The van der Waals surface area contributed by atoms with Crippen LogP contribution in [-0.2, 0) is 18.6 Å². The maximum Gasteiger partial charge on any atom is 0.320 e. The fourth-order valence-corrected chi connectivity index (χ4v) is 5.08. The van der Waals surface area contributed by atoms with Gasteiger partial charge in [-0.1, -0.05) is 12.8 Å². The molecule has 192 valence electrons. The number of amides is 2. The largest absolute Gasteiger partial charge is 0.778 e. The van der Waals surface area contributed by atoms with Crippen LogP contribution < -0.4 is 15.5 Å². The third-order valence-corrected chi connectivity index (χ3v) is 7.24. The number of carboxylic acid groups (broad SMARTS) is 1. The molecule has 1 saturated heterocycles. The van der Waals surface area contributed by atoms with Crippen LogP contribution in [0.2, 0.25) is 0 Å². The van der Waals surface area contributed by atoms with E-state index >= 15 is 0 Å². The van der Waals surface area contributed by atoms with E-state index in [-0.39, 0.29) is 23.0 Å². The minimum absolute atomic E-state index is 0.0983. The monoisotopic (exact) mass is 513 g/mol. The van der Waals surface area contributed by atoms with Gasteiger partial charge in [-0.05, 0) is 12.8 Å². The van der Waals surface area contributed by atoms with E-state index < -0.39 is 63.3 Å². The van der Waals surface area contributed by atoms with Crippen molar-refractivity contribution >= 4 is 36.6 Å². The van der Waals surface area contributed by atoms with Crippen LogP contribution >= 0.6 is 7.60 Å². The van der Waals surface area contributed by atoms with E-state index in [0.717, 1.165) is 25.7 Å². The summed E-state index contributed by atoms with van der Waals surface area (Å²) >= 11 is 0. The van der Waals surface area contributed by atoms with Crippen molar-refractivity contribution in [2.24, 2.45) is 0 Å². The van der Waals surface area contributed by atoms with E-state index in [4.69, 9.17) is 14.4 Å². The quantitative estimate of drug-likeness (QED) is 0.269. The van der Waals surface area contributed by atoms with Crippen molar-refractivity contribution in [1.82, 2.24) is 24.8 Å². The molecule has 0 aromatic carbocycles. The first-order chi connectivity index (χ1) is 16.6. The summed E-state index contributed by atoms with van der Waals surface area (Å²) in [5.74, 6) is -1.15. The number of aliphatic hydroxyl groups excluding tert-OH is 2. The number of nitrogens with one attached hydrogen (secondary N) is 2. The fraction of sp³-hybridized carbons (Fsp3) is 0.632. The van der Waals surface area contributed by atoms with Gasteiger partial charge < -0.3 is 39.4 Å². The number of nitrogens with zero attached hydrogens (tertiary/aromatic N) is 4. The highest BCUT2D eigenvalue weighted by molar-refractivity contribution is 7.51. The van der Waals surface area contributed by atoms with Crippen molar-refractivity contribution in [1.29, 1.82) is 0 Å². The van der Waals surface area contributed by atoms with Gasteiger partial charge >= 0.3 is 12.0 Å². The third-order valence-electron chi connectivity index (χ3n) is 5.93. The topological polar surface area (TPSA) is 221 Å². The Balaban J connectivity index is 1.44. The van der Waals surface area contributed by atoms with Gasteiger partial charge in [0.2, 0.25) is 0 Å². The number of hydrogen-bond donors (Lipinski definition) is 5. The lowest BCUT2D eigenvalue weighted by Gasteiger charge is -2.25. The molecule has 0 radical (unpaired) electrons. The van der Waals surface area contributed by atoms with Gasteiger partial charge in [0.1, 0.15) is 32.2 Å². The SMILES string of the molecule is O=C(O)CCP(=O)([O-])OC[C@H]1O[C@@H](n2cnc3c(NC(=O)NC4CCCC4)ncnc32)[C@@H](O)[C@H]1O. The first kappa shape index (κ1) is 25.4. The van der Waals surface area contributed by atoms with Gasteiger partial charge in [-0.15, -0.1) is 0 Å². The highest BCUT2D eigenvalue weighted by Crippen LogP contribution is 2.40. The average molecular weight is 513 g/mol. The lowest BCUT2D eigenvalue weighted by molar-refractivity contribution is -0.202. The summed E-state index contributed by atoms with van der Waals surface area (Å²) in [6, 6.07) is -0.331. The maximum absolute atomic E-state index is 12.3. The first-order valence-electron chi connectivity index (χ1n) is 11.1. The lowest BCUT2D eigenvalue weighted by atomic mass is 10.1. The van der Waals surface area contributed by atoms with Crippen LogP contribution in [0.15, 0.2) is 12.7 Å². The molecular formula is C19H26N6O9P-. The summed E-state index contributed by atoms with van der Waals surface area (Å²) in [6.07, 6.45) is -0.335. The predicted molar refractivity (Wildman–Crippen MR) is 116 cm³/mol. The second kappa shape index (κ2) is 10.5. The van der Waals surface area contributed by atoms with Crippen LogP contribution in [-0.4, -0.2) is 84.0 Å².